The second kappa shape index (κ2) is 5.62. The molecule has 0 bridgehead atoms. The summed E-state index contributed by atoms with van der Waals surface area (Å²) in [6.07, 6.45) is 2.66. The summed E-state index contributed by atoms with van der Waals surface area (Å²) in [5.41, 5.74) is 0.931. The first-order valence-electron chi connectivity index (χ1n) is 5.25. The fraction of sp³-hybridized carbons (Fsp3) is 0.0667. The van der Waals surface area contributed by atoms with E-state index < -0.39 is 0 Å². The van der Waals surface area contributed by atoms with Crippen molar-refractivity contribution in [1.29, 1.82) is 0 Å². The number of ether oxygens (including phenoxy) is 2. The van der Waals surface area contributed by atoms with Crippen LogP contribution < -0.4 is 9.47 Å². The topological polar surface area (TPSA) is 18.5 Å². The molecule has 0 unspecified atom stereocenters. The molecule has 2 rings (SSSR count). The van der Waals surface area contributed by atoms with Crippen LogP contribution in [0.3, 0.4) is 0 Å². The molecule has 0 fully saturated rings. The van der Waals surface area contributed by atoms with E-state index >= 15 is 0 Å². The van der Waals surface area contributed by atoms with Crippen molar-refractivity contribution in [1.82, 2.24) is 0 Å². The first-order chi connectivity index (χ1) is 8.38. The van der Waals surface area contributed by atoms with Gasteiger partial charge in [-0.25, -0.2) is 0 Å². The molecule has 0 saturated carbocycles. The van der Waals surface area contributed by atoms with Crippen LogP contribution in [0.4, 0.5) is 0 Å². The van der Waals surface area contributed by atoms with Crippen molar-refractivity contribution in [3.63, 3.8) is 0 Å². The molecule has 84 valence electrons. The van der Waals surface area contributed by atoms with Gasteiger partial charge in [-0.2, -0.15) is 0 Å². The molecular formula is C15H12O2. The van der Waals surface area contributed by atoms with E-state index in [0.717, 1.165) is 11.3 Å². The Hall–Kier alpha value is -2.40. The summed E-state index contributed by atoms with van der Waals surface area (Å²) in [5.74, 6) is 4.42. The summed E-state index contributed by atoms with van der Waals surface area (Å²) < 4.78 is 10.3. The van der Waals surface area contributed by atoms with Crippen molar-refractivity contribution in [3.05, 3.63) is 60.2 Å². The van der Waals surface area contributed by atoms with E-state index in [1.165, 1.54) is 0 Å². The zero-order chi connectivity index (χ0) is 11.9. The molecular weight excluding hydrogens is 212 g/mol. The first-order valence-corrected chi connectivity index (χ1v) is 5.25. The van der Waals surface area contributed by atoms with Crippen LogP contribution in [0.25, 0.3) is 0 Å². The molecule has 17 heavy (non-hydrogen) atoms. The van der Waals surface area contributed by atoms with Gasteiger partial charge in [-0.3, -0.25) is 0 Å². The molecule has 2 heteroatoms. The van der Waals surface area contributed by atoms with Crippen LogP contribution in [-0.2, 0) is 0 Å². The average Bonchev–Trinajstić information content (AvgIpc) is 2.41. The van der Waals surface area contributed by atoms with E-state index in [1.54, 1.807) is 7.11 Å². The molecule has 0 amide bonds. The van der Waals surface area contributed by atoms with Gasteiger partial charge in [-0.15, -0.1) is 0 Å². The second-order valence-corrected chi connectivity index (χ2v) is 3.37. The summed E-state index contributed by atoms with van der Waals surface area (Å²) in [6, 6.07) is 17.0. The second-order valence-electron chi connectivity index (χ2n) is 3.37. The number of methoxy groups -OCH3 is 1. The van der Waals surface area contributed by atoms with Crippen LogP contribution in [0.15, 0.2) is 54.6 Å². The summed E-state index contributed by atoms with van der Waals surface area (Å²) in [5, 5.41) is 0. The van der Waals surface area contributed by atoms with Crippen molar-refractivity contribution in [2.45, 2.75) is 0 Å². The lowest BCUT2D eigenvalue weighted by atomic mass is 10.2. The maximum atomic E-state index is 5.29. The summed E-state index contributed by atoms with van der Waals surface area (Å²) >= 11 is 0. The molecule has 0 radical (unpaired) electrons. The van der Waals surface area contributed by atoms with E-state index in [4.69, 9.17) is 9.47 Å². The molecule has 2 aromatic carbocycles. The predicted molar refractivity (Wildman–Crippen MR) is 66.9 cm³/mol. The Morgan fingerprint density at radius 2 is 1.47 bits per heavy atom. The monoisotopic (exact) mass is 224 g/mol. The first kappa shape index (κ1) is 11.1. The van der Waals surface area contributed by atoms with Gasteiger partial charge >= 0.3 is 0 Å². The van der Waals surface area contributed by atoms with Crippen LogP contribution >= 0.6 is 0 Å². The molecule has 0 heterocycles. The van der Waals surface area contributed by atoms with Crippen molar-refractivity contribution < 1.29 is 9.47 Å². The predicted octanol–water partition coefficient (Wildman–Crippen LogP) is 3.08. The average molecular weight is 224 g/mol. The number of hydrogen-bond acceptors (Lipinski definition) is 2. The highest BCUT2D eigenvalue weighted by atomic mass is 16.5. The van der Waals surface area contributed by atoms with Crippen molar-refractivity contribution in [3.8, 4) is 23.5 Å². The van der Waals surface area contributed by atoms with Crippen LogP contribution in [0.2, 0.25) is 0 Å². The Morgan fingerprint density at radius 3 is 2.12 bits per heavy atom. The molecule has 0 aliphatic heterocycles. The van der Waals surface area contributed by atoms with Gasteiger partial charge in [0.1, 0.15) is 17.6 Å². The minimum Gasteiger partial charge on any atom is -0.497 e. The standard InChI is InChI=1S/C15H12O2/c1-16-14-7-9-15(10-8-14)17-12-11-13-5-3-2-4-6-13/h2-10H,1H3. The lowest BCUT2D eigenvalue weighted by Crippen LogP contribution is -1.85. The van der Waals surface area contributed by atoms with Crippen LogP contribution in [-0.4, -0.2) is 7.11 Å². The molecule has 0 aliphatic carbocycles. The maximum absolute atomic E-state index is 5.29. The molecule has 0 N–H and O–H groups in total. The Balaban J connectivity index is 2.00. The number of hydrogen-bond donors (Lipinski definition) is 0. The van der Waals surface area contributed by atoms with Crippen molar-refractivity contribution in [2.75, 3.05) is 7.11 Å². The third-order valence-electron chi connectivity index (χ3n) is 2.20. The van der Waals surface area contributed by atoms with E-state index in [2.05, 4.69) is 12.0 Å². The third kappa shape index (κ3) is 3.29. The maximum Gasteiger partial charge on any atom is 0.140 e. The van der Waals surface area contributed by atoms with Gasteiger partial charge in [0.15, 0.2) is 0 Å². The Morgan fingerprint density at radius 1 is 0.824 bits per heavy atom. The SMILES string of the molecule is COc1ccc(OC#Cc2ccccc2)cc1. The molecule has 2 nitrogen and oxygen atoms in total. The summed E-state index contributed by atoms with van der Waals surface area (Å²) in [7, 11) is 1.63. The number of rotatable bonds is 2. The normalized spacial score (nSPS) is 9.00. The van der Waals surface area contributed by atoms with Gasteiger partial charge in [0.05, 0.1) is 7.11 Å². The highest BCUT2D eigenvalue weighted by Gasteiger charge is 1.92. The molecule has 0 atom stereocenters. The quantitative estimate of drug-likeness (QED) is 0.730. The Kier molecular flexibility index (Phi) is 3.67. The van der Waals surface area contributed by atoms with Gasteiger partial charge in [0.25, 0.3) is 0 Å². The molecule has 2 aromatic rings. The number of benzene rings is 2. The van der Waals surface area contributed by atoms with Gasteiger partial charge < -0.3 is 9.47 Å². The van der Waals surface area contributed by atoms with Crippen LogP contribution in [0.1, 0.15) is 5.56 Å². The van der Waals surface area contributed by atoms with Gasteiger partial charge in [-0.1, -0.05) is 18.2 Å². The zero-order valence-electron chi connectivity index (χ0n) is 9.51. The van der Waals surface area contributed by atoms with E-state index in [0.29, 0.717) is 5.75 Å². The van der Waals surface area contributed by atoms with Crippen LogP contribution in [0, 0.1) is 12.0 Å². The Labute approximate surface area is 101 Å². The lowest BCUT2D eigenvalue weighted by Gasteiger charge is -1.99. The summed E-state index contributed by atoms with van der Waals surface area (Å²) in [4.78, 5) is 0. The van der Waals surface area contributed by atoms with Gasteiger partial charge in [0.2, 0.25) is 0 Å². The Bertz CT molecular complexity index is 518. The van der Waals surface area contributed by atoms with E-state index in [9.17, 15) is 0 Å². The van der Waals surface area contributed by atoms with Crippen LogP contribution in [0.5, 0.6) is 11.5 Å². The molecule has 0 spiro atoms. The van der Waals surface area contributed by atoms with Crippen molar-refractivity contribution >= 4 is 0 Å². The van der Waals surface area contributed by atoms with Gasteiger partial charge in [0, 0.05) is 5.56 Å². The van der Waals surface area contributed by atoms with E-state index in [-0.39, 0.29) is 0 Å². The fourth-order valence-electron chi connectivity index (χ4n) is 1.31. The largest absolute Gasteiger partial charge is 0.497 e. The van der Waals surface area contributed by atoms with Gasteiger partial charge in [-0.05, 0) is 42.3 Å². The summed E-state index contributed by atoms with van der Waals surface area (Å²) in [6.45, 7) is 0. The fourth-order valence-corrected chi connectivity index (χ4v) is 1.31. The molecule has 0 saturated heterocycles. The minimum absolute atomic E-state index is 0.703. The molecule has 0 aliphatic rings. The smallest absolute Gasteiger partial charge is 0.140 e. The highest BCUT2D eigenvalue weighted by molar-refractivity contribution is 5.35. The van der Waals surface area contributed by atoms with Crippen molar-refractivity contribution in [2.24, 2.45) is 0 Å². The highest BCUT2D eigenvalue weighted by Crippen LogP contribution is 2.16. The zero-order valence-corrected chi connectivity index (χ0v) is 9.51. The third-order valence-corrected chi connectivity index (χ3v) is 2.20. The minimum atomic E-state index is 0.703. The lowest BCUT2D eigenvalue weighted by molar-refractivity contribution is 0.413. The van der Waals surface area contributed by atoms with E-state index in [1.807, 2.05) is 54.6 Å². The molecule has 0 aromatic heterocycles.